The number of rotatable bonds is 5. The van der Waals surface area contributed by atoms with Crippen molar-refractivity contribution in [1.29, 1.82) is 0 Å². The van der Waals surface area contributed by atoms with Crippen LogP contribution in [0.25, 0.3) is 5.57 Å². The van der Waals surface area contributed by atoms with E-state index in [1.54, 1.807) is 12.2 Å². The third-order valence-electron chi connectivity index (χ3n) is 4.34. The summed E-state index contributed by atoms with van der Waals surface area (Å²) in [5, 5.41) is 22.2. The quantitative estimate of drug-likeness (QED) is 0.726. The van der Waals surface area contributed by atoms with Gasteiger partial charge in [0, 0.05) is 0 Å². The van der Waals surface area contributed by atoms with Crippen molar-refractivity contribution in [3.8, 4) is 0 Å². The van der Waals surface area contributed by atoms with E-state index in [0.717, 1.165) is 16.7 Å². The van der Waals surface area contributed by atoms with E-state index < -0.39 is 18.6 Å². The Morgan fingerprint density at radius 1 is 1.08 bits per heavy atom. The molecule has 0 spiro atoms. The van der Waals surface area contributed by atoms with Gasteiger partial charge in [0.05, 0.1) is 5.44 Å². The number of hydrogen-bond donors (Lipinski definition) is 3. The van der Waals surface area contributed by atoms with Gasteiger partial charge in [0.25, 0.3) is 0 Å². The Labute approximate surface area is 152 Å². The summed E-state index contributed by atoms with van der Waals surface area (Å²) in [6.07, 6.45) is 4.78. The third kappa shape index (κ3) is 4.22. The minimum absolute atomic E-state index is 0.110. The van der Waals surface area contributed by atoms with Crippen LogP contribution in [0, 0.1) is 0 Å². The van der Waals surface area contributed by atoms with Crippen LogP contribution in [0.3, 0.4) is 0 Å². The van der Waals surface area contributed by atoms with Crippen molar-refractivity contribution in [2.24, 2.45) is 0 Å². The first-order valence-corrected chi connectivity index (χ1v) is 8.39. The molecule has 132 valence electrons. The lowest BCUT2D eigenvalue weighted by atomic mass is 9.61. The molecule has 3 rings (SSSR count). The molecular formula is C20H20BNO4. The normalized spacial score (nSPS) is 18.8. The molecule has 0 aromatic heterocycles. The lowest BCUT2D eigenvalue weighted by Crippen LogP contribution is -2.58. The predicted octanol–water partition coefficient (Wildman–Crippen LogP) is 2.71. The second-order valence-corrected chi connectivity index (χ2v) is 6.16. The van der Waals surface area contributed by atoms with E-state index in [9.17, 15) is 14.8 Å². The first-order chi connectivity index (χ1) is 12.6. The minimum Gasteiger partial charge on any atom is -0.445 e. The molecular weight excluding hydrogens is 329 g/mol. The van der Waals surface area contributed by atoms with Gasteiger partial charge in [-0.1, -0.05) is 78.9 Å². The zero-order chi connectivity index (χ0) is 18.4. The highest BCUT2D eigenvalue weighted by atomic mass is 16.5. The Kier molecular flexibility index (Phi) is 5.56. The molecule has 1 amide bonds. The van der Waals surface area contributed by atoms with Crippen molar-refractivity contribution in [3.05, 3.63) is 90.0 Å². The average Bonchev–Trinajstić information content (AvgIpc) is 2.68. The van der Waals surface area contributed by atoms with E-state index in [1.165, 1.54) is 0 Å². The van der Waals surface area contributed by atoms with Gasteiger partial charge >= 0.3 is 13.2 Å². The number of nitrogens with one attached hydrogen (secondary N) is 1. The van der Waals surface area contributed by atoms with Crippen LogP contribution in [-0.4, -0.2) is 28.7 Å². The highest BCUT2D eigenvalue weighted by molar-refractivity contribution is 6.47. The van der Waals surface area contributed by atoms with Crippen LogP contribution in [-0.2, 0) is 11.3 Å². The van der Waals surface area contributed by atoms with Crippen molar-refractivity contribution < 1.29 is 19.6 Å². The fourth-order valence-electron chi connectivity index (χ4n) is 2.80. The number of allylic oxidation sites excluding steroid dienone is 2. The van der Waals surface area contributed by atoms with Gasteiger partial charge in [0.15, 0.2) is 0 Å². The smallest absolute Gasteiger partial charge is 0.445 e. The zero-order valence-electron chi connectivity index (χ0n) is 14.2. The summed E-state index contributed by atoms with van der Waals surface area (Å²) < 4.78 is 5.19. The summed E-state index contributed by atoms with van der Waals surface area (Å²) in [7, 11) is -1.75. The lowest BCUT2D eigenvalue weighted by molar-refractivity contribution is 0.133. The van der Waals surface area contributed by atoms with E-state index >= 15 is 0 Å². The van der Waals surface area contributed by atoms with Gasteiger partial charge in [-0.15, -0.1) is 0 Å². The van der Waals surface area contributed by atoms with Crippen LogP contribution in [0.1, 0.15) is 17.5 Å². The SMILES string of the molecule is O=C(NC1(B(O)O)C=CC(c2ccccc2)=CC1)OCc1ccccc1. The molecule has 0 heterocycles. The van der Waals surface area contributed by atoms with Crippen LogP contribution in [0.4, 0.5) is 4.79 Å². The van der Waals surface area contributed by atoms with Crippen molar-refractivity contribution in [2.75, 3.05) is 0 Å². The molecule has 0 fully saturated rings. The Morgan fingerprint density at radius 2 is 1.73 bits per heavy atom. The topological polar surface area (TPSA) is 78.8 Å². The molecule has 0 saturated heterocycles. The lowest BCUT2D eigenvalue weighted by Gasteiger charge is -2.32. The summed E-state index contributed by atoms with van der Waals surface area (Å²) in [5.41, 5.74) is 1.52. The summed E-state index contributed by atoms with van der Waals surface area (Å²) in [4.78, 5) is 12.1. The van der Waals surface area contributed by atoms with Gasteiger partial charge in [-0.05, 0) is 23.1 Å². The molecule has 2 aromatic carbocycles. The number of carbonyl (C=O) groups excluding carboxylic acids is 1. The van der Waals surface area contributed by atoms with Crippen LogP contribution in [0.15, 0.2) is 78.9 Å². The van der Waals surface area contributed by atoms with E-state index in [0.29, 0.717) is 0 Å². The van der Waals surface area contributed by atoms with Crippen molar-refractivity contribution in [1.82, 2.24) is 5.32 Å². The number of ether oxygens (including phenoxy) is 1. The molecule has 0 radical (unpaired) electrons. The summed E-state index contributed by atoms with van der Waals surface area (Å²) in [5.74, 6) is 0. The molecule has 1 unspecified atom stereocenters. The highest BCUT2D eigenvalue weighted by Gasteiger charge is 2.42. The Morgan fingerprint density at radius 3 is 2.31 bits per heavy atom. The van der Waals surface area contributed by atoms with Crippen LogP contribution in [0.2, 0.25) is 0 Å². The molecule has 1 aliphatic rings. The van der Waals surface area contributed by atoms with Crippen LogP contribution < -0.4 is 5.32 Å². The molecule has 0 aliphatic heterocycles. The van der Waals surface area contributed by atoms with E-state index in [2.05, 4.69) is 5.32 Å². The highest BCUT2D eigenvalue weighted by Crippen LogP contribution is 2.27. The monoisotopic (exact) mass is 349 g/mol. The molecule has 5 nitrogen and oxygen atoms in total. The minimum atomic E-state index is -1.75. The molecule has 0 bridgehead atoms. The number of alkyl carbamates (subject to hydrolysis) is 1. The standard InChI is InChI=1S/C20H20BNO4/c23-19(26-15-16-7-3-1-4-8-16)22-20(21(24)25)13-11-18(12-14-20)17-9-5-2-6-10-17/h1-13,24-25H,14-15H2,(H,22,23). The number of carbonyl (C=O) groups is 1. The maximum atomic E-state index is 12.1. The molecule has 1 aliphatic carbocycles. The largest absolute Gasteiger partial charge is 0.483 e. The predicted molar refractivity (Wildman–Crippen MR) is 101 cm³/mol. The van der Waals surface area contributed by atoms with Gasteiger partial charge in [0.2, 0.25) is 0 Å². The van der Waals surface area contributed by atoms with Gasteiger partial charge < -0.3 is 20.1 Å². The number of amides is 1. The Hall–Kier alpha value is -2.83. The molecule has 2 aromatic rings. The molecule has 1 atom stereocenters. The second-order valence-electron chi connectivity index (χ2n) is 6.16. The van der Waals surface area contributed by atoms with Crippen molar-refractivity contribution in [2.45, 2.75) is 18.5 Å². The Bertz CT molecular complexity index is 805. The average molecular weight is 349 g/mol. The molecule has 26 heavy (non-hydrogen) atoms. The van der Waals surface area contributed by atoms with Gasteiger partial charge in [-0.25, -0.2) is 4.79 Å². The van der Waals surface area contributed by atoms with Crippen LogP contribution >= 0.6 is 0 Å². The molecule has 0 saturated carbocycles. The van der Waals surface area contributed by atoms with E-state index in [-0.39, 0.29) is 13.0 Å². The first-order valence-electron chi connectivity index (χ1n) is 8.39. The van der Waals surface area contributed by atoms with Crippen molar-refractivity contribution >= 4 is 18.8 Å². The molecule has 6 heteroatoms. The summed E-state index contributed by atoms with van der Waals surface area (Å²) >= 11 is 0. The van der Waals surface area contributed by atoms with Gasteiger partial charge in [0.1, 0.15) is 6.61 Å². The second kappa shape index (κ2) is 8.04. The molecule has 3 N–H and O–H groups in total. The van der Waals surface area contributed by atoms with Crippen molar-refractivity contribution in [3.63, 3.8) is 0 Å². The fraction of sp³-hybridized carbons (Fsp3) is 0.150. The van der Waals surface area contributed by atoms with Gasteiger partial charge in [-0.2, -0.15) is 0 Å². The van der Waals surface area contributed by atoms with Gasteiger partial charge in [-0.3, -0.25) is 0 Å². The number of hydrogen-bond acceptors (Lipinski definition) is 4. The maximum absolute atomic E-state index is 12.1. The Balaban J connectivity index is 1.65. The number of benzene rings is 2. The first kappa shape index (κ1) is 18.0. The van der Waals surface area contributed by atoms with E-state index in [1.807, 2.05) is 66.7 Å². The summed E-state index contributed by atoms with van der Waals surface area (Å²) in [6, 6.07) is 19.0. The third-order valence-corrected chi connectivity index (χ3v) is 4.34. The maximum Gasteiger partial charge on any atom is 0.483 e. The summed E-state index contributed by atoms with van der Waals surface area (Å²) in [6.45, 7) is 0.110. The fourth-order valence-corrected chi connectivity index (χ4v) is 2.80. The zero-order valence-corrected chi connectivity index (χ0v) is 14.2. The van der Waals surface area contributed by atoms with E-state index in [4.69, 9.17) is 4.74 Å². The van der Waals surface area contributed by atoms with Crippen LogP contribution in [0.5, 0.6) is 0 Å².